The molecule has 0 radical (unpaired) electrons. The molecule has 0 N–H and O–H groups in total. The van der Waals surface area contributed by atoms with E-state index in [0.29, 0.717) is 0 Å². The topological polar surface area (TPSA) is 0 Å². The summed E-state index contributed by atoms with van der Waals surface area (Å²) in [7, 11) is 0. The zero-order chi connectivity index (χ0) is 6.78. The van der Waals surface area contributed by atoms with Crippen molar-refractivity contribution in [2.24, 2.45) is 5.92 Å². The lowest BCUT2D eigenvalue weighted by Crippen LogP contribution is -2.08. The second-order valence-corrected chi connectivity index (χ2v) is 2.77. The Hall–Kier alpha value is 0.150. The van der Waals surface area contributed by atoms with Gasteiger partial charge >= 0.3 is 5.38 Å². The fraction of sp³-hybridized carbons (Fsp3) is 1.00. The van der Waals surface area contributed by atoms with Crippen LogP contribution in [0.4, 0.5) is 8.78 Å². The van der Waals surface area contributed by atoms with Gasteiger partial charge in [-0.05, 0) is 17.5 Å². The minimum atomic E-state index is -3.01. The maximum absolute atomic E-state index is 11.7. The zero-order valence-electron chi connectivity index (χ0n) is 4.92. The number of hydrogen-bond acceptors (Lipinski definition) is 0. The molecule has 0 bridgehead atoms. The third kappa shape index (κ3) is 6.15. The molecule has 0 aliphatic heterocycles. The lowest BCUT2D eigenvalue weighted by atomic mass is 10.1. The lowest BCUT2D eigenvalue weighted by Gasteiger charge is -2.08. The van der Waals surface area contributed by atoms with E-state index in [1.165, 1.54) is 0 Å². The Bertz CT molecular complexity index is 65.3. The van der Waals surface area contributed by atoms with E-state index in [0.717, 1.165) is 0 Å². The van der Waals surface area contributed by atoms with Gasteiger partial charge in [-0.25, -0.2) is 0 Å². The molecular formula is C5H9ClF2. The molecule has 0 rings (SSSR count). The van der Waals surface area contributed by atoms with Gasteiger partial charge in [0.05, 0.1) is 0 Å². The molecule has 0 aliphatic carbocycles. The third-order valence-corrected chi connectivity index (χ3v) is 0.794. The van der Waals surface area contributed by atoms with Crippen molar-refractivity contribution in [3.63, 3.8) is 0 Å². The summed E-state index contributed by atoms with van der Waals surface area (Å²) in [6.07, 6.45) is -0.242. The summed E-state index contributed by atoms with van der Waals surface area (Å²) in [6, 6.07) is 0. The van der Waals surface area contributed by atoms with Crippen LogP contribution in [0.1, 0.15) is 20.3 Å². The molecule has 50 valence electrons. The Kier molecular flexibility index (Phi) is 2.67. The normalized spacial score (nSPS) is 12.8. The highest BCUT2D eigenvalue weighted by molar-refractivity contribution is 6.21. The SMILES string of the molecule is CC(C)CC(F)(F)Cl. The van der Waals surface area contributed by atoms with Crippen LogP contribution in [-0.2, 0) is 0 Å². The van der Waals surface area contributed by atoms with E-state index in [1.807, 2.05) is 0 Å². The maximum Gasteiger partial charge on any atom is 0.321 e. The van der Waals surface area contributed by atoms with Crippen molar-refractivity contribution in [3.8, 4) is 0 Å². The highest BCUT2D eigenvalue weighted by Crippen LogP contribution is 2.26. The first-order valence-electron chi connectivity index (χ1n) is 2.48. The molecular weight excluding hydrogens is 134 g/mol. The van der Waals surface area contributed by atoms with Gasteiger partial charge in [-0.15, -0.1) is 0 Å². The van der Waals surface area contributed by atoms with Crippen LogP contribution >= 0.6 is 11.6 Å². The molecule has 0 nitrogen and oxygen atoms in total. The molecule has 0 unspecified atom stereocenters. The van der Waals surface area contributed by atoms with Crippen LogP contribution in [0.15, 0.2) is 0 Å². The van der Waals surface area contributed by atoms with Gasteiger partial charge in [-0.2, -0.15) is 8.78 Å². The summed E-state index contributed by atoms with van der Waals surface area (Å²) in [5.74, 6) is -0.0394. The van der Waals surface area contributed by atoms with Crippen molar-refractivity contribution in [1.29, 1.82) is 0 Å². The monoisotopic (exact) mass is 142 g/mol. The van der Waals surface area contributed by atoms with Gasteiger partial charge < -0.3 is 0 Å². The number of halogens is 3. The van der Waals surface area contributed by atoms with Crippen LogP contribution in [0.3, 0.4) is 0 Å². The Balaban J connectivity index is 3.39. The molecule has 3 heteroatoms. The van der Waals surface area contributed by atoms with Gasteiger partial charge in [0, 0.05) is 6.42 Å². The van der Waals surface area contributed by atoms with Crippen molar-refractivity contribution < 1.29 is 8.78 Å². The van der Waals surface area contributed by atoms with Crippen LogP contribution < -0.4 is 0 Å². The minimum Gasteiger partial charge on any atom is -0.188 e. The fourth-order valence-electron chi connectivity index (χ4n) is 0.463. The highest BCUT2D eigenvalue weighted by atomic mass is 35.5. The smallest absolute Gasteiger partial charge is 0.188 e. The Labute approximate surface area is 52.8 Å². The quantitative estimate of drug-likeness (QED) is 0.520. The third-order valence-electron chi connectivity index (χ3n) is 0.640. The minimum absolute atomic E-state index is 0.0394. The summed E-state index contributed by atoms with van der Waals surface area (Å²) in [5, 5.41) is -3.01. The van der Waals surface area contributed by atoms with Crippen LogP contribution in [0, 0.1) is 5.92 Å². The van der Waals surface area contributed by atoms with Gasteiger partial charge in [0.1, 0.15) is 0 Å². The summed E-state index contributed by atoms with van der Waals surface area (Å²) in [6.45, 7) is 3.41. The van der Waals surface area contributed by atoms with E-state index < -0.39 is 5.38 Å². The molecule has 0 atom stereocenters. The average Bonchev–Trinajstić information content (AvgIpc) is 1.21. The van der Waals surface area contributed by atoms with Gasteiger partial charge in [0.25, 0.3) is 0 Å². The van der Waals surface area contributed by atoms with Crippen LogP contribution in [0.5, 0.6) is 0 Å². The Morgan fingerprint density at radius 2 is 1.88 bits per heavy atom. The molecule has 0 aromatic heterocycles. The van der Waals surface area contributed by atoms with E-state index in [-0.39, 0.29) is 12.3 Å². The standard InChI is InChI=1S/C5H9ClF2/c1-4(2)3-5(6,7)8/h4H,3H2,1-2H3. The van der Waals surface area contributed by atoms with E-state index in [2.05, 4.69) is 11.6 Å². The molecule has 0 saturated carbocycles. The zero-order valence-corrected chi connectivity index (χ0v) is 5.67. The highest BCUT2D eigenvalue weighted by Gasteiger charge is 2.25. The molecule has 0 amide bonds. The molecule has 8 heavy (non-hydrogen) atoms. The molecule has 0 heterocycles. The maximum atomic E-state index is 11.7. The van der Waals surface area contributed by atoms with E-state index in [4.69, 9.17) is 0 Å². The Morgan fingerprint density at radius 3 is 1.88 bits per heavy atom. The fourth-order valence-corrected chi connectivity index (χ4v) is 0.772. The molecule has 0 aromatic rings. The molecule has 0 spiro atoms. The second kappa shape index (κ2) is 2.62. The van der Waals surface area contributed by atoms with Crippen molar-refractivity contribution >= 4 is 11.6 Å². The van der Waals surface area contributed by atoms with Crippen molar-refractivity contribution in [3.05, 3.63) is 0 Å². The average molecular weight is 143 g/mol. The second-order valence-electron chi connectivity index (χ2n) is 2.21. The number of alkyl halides is 3. The van der Waals surface area contributed by atoms with Gasteiger partial charge in [-0.3, -0.25) is 0 Å². The van der Waals surface area contributed by atoms with Crippen molar-refractivity contribution in [1.82, 2.24) is 0 Å². The van der Waals surface area contributed by atoms with Crippen molar-refractivity contribution in [2.45, 2.75) is 25.7 Å². The van der Waals surface area contributed by atoms with Crippen LogP contribution in [0.2, 0.25) is 0 Å². The van der Waals surface area contributed by atoms with E-state index in [1.54, 1.807) is 13.8 Å². The first-order valence-corrected chi connectivity index (χ1v) is 2.86. The molecule has 0 aliphatic rings. The molecule has 0 saturated heterocycles. The predicted octanol–water partition coefficient (Wildman–Crippen LogP) is 2.86. The van der Waals surface area contributed by atoms with E-state index >= 15 is 0 Å². The molecule has 0 fully saturated rings. The Morgan fingerprint density at radius 1 is 1.50 bits per heavy atom. The first-order chi connectivity index (χ1) is 3.42. The van der Waals surface area contributed by atoms with Crippen LogP contribution in [0.25, 0.3) is 0 Å². The number of rotatable bonds is 2. The van der Waals surface area contributed by atoms with Crippen LogP contribution in [-0.4, -0.2) is 5.38 Å². The molecule has 0 aromatic carbocycles. The summed E-state index contributed by atoms with van der Waals surface area (Å²) in [5.41, 5.74) is 0. The van der Waals surface area contributed by atoms with Gasteiger partial charge in [-0.1, -0.05) is 13.8 Å². The van der Waals surface area contributed by atoms with Crippen molar-refractivity contribution in [2.75, 3.05) is 0 Å². The summed E-state index contributed by atoms with van der Waals surface area (Å²) in [4.78, 5) is 0. The first kappa shape index (κ1) is 8.15. The summed E-state index contributed by atoms with van der Waals surface area (Å²) >= 11 is 4.59. The largest absolute Gasteiger partial charge is 0.321 e. The van der Waals surface area contributed by atoms with E-state index in [9.17, 15) is 8.78 Å². The summed E-state index contributed by atoms with van der Waals surface area (Å²) < 4.78 is 23.5. The van der Waals surface area contributed by atoms with Gasteiger partial charge in [0.2, 0.25) is 0 Å². The predicted molar refractivity (Wildman–Crippen MR) is 30.3 cm³/mol. The van der Waals surface area contributed by atoms with Gasteiger partial charge in [0.15, 0.2) is 0 Å². The lowest BCUT2D eigenvalue weighted by molar-refractivity contribution is 0.0717. The number of hydrogen-bond donors (Lipinski definition) is 0.